The Balaban J connectivity index is 1.66. The third-order valence-corrected chi connectivity index (χ3v) is 3.58. The molecule has 0 aliphatic carbocycles. The summed E-state index contributed by atoms with van der Waals surface area (Å²) in [5.41, 5.74) is 0. The van der Waals surface area contributed by atoms with Crippen LogP contribution in [-0.2, 0) is 32.2 Å². The molecule has 0 saturated carbocycles. The number of anilines is 1. The molecule has 2 N–H and O–H groups in total. The number of amides is 2. The van der Waals surface area contributed by atoms with E-state index in [-0.39, 0.29) is 37.3 Å². The van der Waals surface area contributed by atoms with E-state index in [0.717, 1.165) is 0 Å². The fraction of sp³-hybridized carbons (Fsp3) is 0.467. The normalized spacial score (nSPS) is 16.4. The van der Waals surface area contributed by atoms with Gasteiger partial charge in [0, 0.05) is 7.11 Å². The van der Waals surface area contributed by atoms with Crippen LogP contribution in [0.5, 0.6) is 0 Å². The van der Waals surface area contributed by atoms with Gasteiger partial charge in [0.15, 0.2) is 5.82 Å². The van der Waals surface area contributed by atoms with Gasteiger partial charge < -0.3 is 19.2 Å². The summed E-state index contributed by atoms with van der Waals surface area (Å²) in [5.74, 6) is 0.630. The van der Waals surface area contributed by atoms with Crippen LogP contribution in [-0.4, -0.2) is 46.9 Å². The third kappa shape index (κ3) is 4.22. The molecular formula is C15H19N5O5. The zero-order chi connectivity index (χ0) is 17.6. The molecule has 0 fully saturated rings. The van der Waals surface area contributed by atoms with Gasteiger partial charge in [-0.1, -0.05) is 0 Å². The third-order valence-electron chi connectivity index (χ3n) is 3.58. The number of furan rings is 1. The second kappa shape index (κ2) is 7.90. The van der Waals surface area contributed by atoms with Crippen LogP contribution >= 0.6 is 0 Å². The van der Waals surface area contributed by atoms with Gasteiger partial charge in [0.1, 0.15) is 18.4 Å². The van der Waals surface area contributed by atoms with Crippen LogP contribution in [0.15, 0.2) is 22.8 Å². The standard InChI is InChI=1S/C15H19N5O5/c1-23-5-6-24-9-12-17-15-18-13(21)7-11(20(15)19-12)14(22)16-8-10-3-2-4-25-10/h2-4,11H,5-9H2,1H3,(H,16,22)(H,17,18,19,21)/t11-/m0/s1. The van der Waals surface area contributed by atoms with E-state index in [4.69, 9.17) is 13.9 Å². The number of ether oxygens (including phenoxy) is 2. The number of rotatable bonds is 8. The first kappa shape index (κ1) is 17.1. The minimum absolute atomic E-state index is 0.00960. The van der Waals surface area contributed by atoms with Crippen LogP contribution < -0.4 is 10.6 Å². The summed E-state index contributed by atoms with van der Waals surface area (Å²) in [5, 5.41) is 9.62. The summed E-state index contributed by atoms with van der Waals surface area (Å²) < 4.78 is 16.8. The van der Waals surface area contributed by atoms with Crippen molar-refractivity contribution in [1.82, 2.24) is 20.1 Å². The topological polar surface area (TPSA) is 121 Å². The second-order valence-electron chi connectivity index (χ2n) is 5.41. The zero-order valence-corrected chi connectivity index (χ0v) is 13.7. The lowest BCUT2D eigenvalue weighted by Gasteiger charge is -2.22. The fourth-order valence-electron chi connectivity index (χ4n) is 2.38. The van der Waals surface area contributed by atoms with Crippen molar-refractivity contribution in [1.29, 1.82) is 0 Å². The van der Waals surface area contributed by atoms with Crippen LogP contribution in [0.2, 0.25) is 0 Å². The van der Waals surface area contributed by atoms with Crippen LogP contribution in [0.25, 0.3) is 0 Å². The highest BCUT2D eigenvalue weighted by molar-refractivity contribution is 5.96. The lowest BCUT2D eigenvalue weighted by atomic mass is 10.1. The first-order chi connectivity index (χ1) is 12.2. The molecule has 0 bridgehead atoms. The van der Waals surface area contributed by atoms with Crippen molar-refractivity contribution in [2.24, 2.45) is 0 Å². The monoisotopic (exact) mass is 349 g/mol. The molecule has 0 aromatic carbocycles. The predicted octanol–water partition coefficient (Wildman–Crippen LogP) is 0.234. The van der Waals surface area contributed by atoms with E-state index in [2.05, 4.69) is 20.7 Å². The largest absolute Gasteiger partial charge is 0.467 e. The lowest BCUT2D eigenvalue weighted by molar-refractivity contribution is -0.129. The smallest absolute Gasteiger partial charge is 0.245 e. The number of fused-ring (bicyclic) bond motifs is 1. The number of hydrogen-bond acceptors (Lipinski definition) is 7. The van der Waals surface area contributed by atoms with E-state index in [1.54, 1.807) is 19.2 Å². The van der Waals surface area contributed by atoms with Gasteiger partial charge >= 0.3 is 0 Å². The van der Waals surface area contributed by atoms with Crippen molar-refractivity contribution in [3.63, 3.8) is 0 Å². The molecule has 3 rings (SSSR count). The van der Waals surface area contributed by atoms with Gasteiger partial charge in [0.25, 0.3) is 0 Å². The maximum atomic E-state index is 12.4. The molecular weight excluding hydrogens is 330 g/mol. The molecule has 3 heterocycles. The molecule has 0 radical (unpaired) electrons. The predicted molar refractivity (Wildman–Crippen MR) is 84.4 cm³/mol. The quantitative estimate of drug-likeness (QED) is 0.655. The maximum Gasteiger partial charge on any atom is 0.245 e. The Bertz CT molecular complexity index is 727. The number of methoxy groups -OCH3 is 1. The van der Waals surface area contributed by atoms with Crippen LogP contribution in [0, 0.1) is 0 Å². The Hall–Kier alpha value is -2.72. The molecule has 25 heavy (non-hydrogen) atoms. The second-order valence-corrected chi connectivity index (χ2v) is 5.41. The molecule has 2 aromatic rings. The van der Waals surface area contributed by atoms with Crippen LogP contribution in [0.4, 0.5) is 5.95 Å². The van der Waals surface area contributed by atoms with Crippen LogP contribution in [0.3, 0.4) is 0 Å². The first-order valence-corrected chi connectivity index (χ1v) is 7.79. The molecule has 10 nitrogen and oxygen atoms in total. The zero-order valence-electron chi connectivity index (χ0n) is 13.7. The van der Waals surface area contributed by atoms with Crippen molar-refractivity contribution >= 4 is 17.8 Å². The summed E-state index contributed by atoms with van der Waals surface area (Å²) >= 11 is 0. The van der Waals surface area contributed by atoms with Crippen LogP contribution in [0.1, 0.15) is 24.0 Å². The van der Waals surface area contributed by atoms with Crippen molar-refractivity contribution < 1.29 is 23.5 Å². The van der Waals surface area contributed by atoms with E-state index >= 15 is 0 Å². The number of carbonyl (C=O) groups is 2. The Morgan fingerprint density at radius 3 is 3.16 bits per heavy atom. The average Bonchev–Trinajstić information content (AvgIpc) is 3.25. The van der Waals surface area contributed by atoms with Gasteiger partial charge in [0.05, 0.1) is 32.4 Å². The molecule has 2 aromatic heterocycles. The Labute approximate surface area is 143 Å². The van der Waals surface area contributed by atoms with Crippen molar-refractivity contribution in [2.45, 2.75) is 25.6 Å². The highest BCUT2D eigenvalue weighted by Crippen LogP contribution is 2.23. The molecule has 134 valence electrons. The number of carbonyl (C=O) groups excluding carboxylic acids is 2. The molecule has 1 aliphatic heterocycles. The molecule has 0 saturated heterocycles. The molecule has 0 unspecified atom stereocenters. The summed E-state index contributed by atoms with van der Waals surface area (Å²) in [6, 6.07) is 2.73. The Kier molecular flexibility index (Phi) is 5.41. The summed E-state index contributed by atoms with van der Waals surface area (Å²) in [6.45, 7) is 1.27. The fourth-order valence-corrected chi connectivity index (χ4v) is 2.38. The van der Waals surface area contributed by atoms with E-state index < -0.39 is 6.04 Å². The van der Waals surface area contributed by atoms with Gasteiger partial charge in [-0.05, 0) is 12.1 Å². The van der Waals surface area contributed by atoms with Gasteiger partial charge in [-0.25, -0.2) is 4.68 Å². The summed E-state index contributed by atoms with van der Waals surface area (Å²) in [4.78, 5) is 28.5. The molecule has 10 heteroatoms. The first-order valence-electron chi connectivity index (χ1n) is 7.79. The highest BCUT2D eigenvalue weighted by Gasteiger charge is 2.33. The SMILES string of the molecule is COCCOCc1nc2n(n1)[C@H](C(=O)NCc1ccco1)CC(=O)N2. The Morgan fingerprint density at radius 2 is 2.40 bits per heavy atom. The molecule has 1 aliphatic rings. The van der Waals surface area contributed by atoms with Gasteiger partial charge in [-0.15, -0.1) is 0 Å². The average molecular weight is 349 g/mol. The van der Waals surface area contributed by atoms with E-state index in [1.165, 1.54) is 10.9 Å². The Morgan fingerprint density at radius 1 is 1.52 bits per heavy atom. The van der Waals surface area contributed by atoms with Crippen molar-refractivity contribution in [2.75, 3.05) is 25.6 Å². The van der Waals surface area contributed by atoms with E-state index in [9.17, 15) is 9.59 Å². The molecule has 0 spiro atoms. The van der Waals surface area contributed by atoms with E-state index in [1.807, 2.05) is 0 Å². The number of aromatic nitrogens is 3. The lowest BCUT2D eigenvalue weighted by Crippen LogP contribution is -2.39. The summed E-state index contributed by atoms with van der Waals surface area (Å²) in [6.07, 6.45) is 1.52. The van der Waals surface area contributed by atoms with Crippen molar-refractivity contribution in [3.8, 4) is 0 Å². The van der Waals surface area contributed by atoms with Gasteiger partial charge in [0.2, 0.25) is 17.8 Å². The van der Waals surface area contributed by atoms with Gasteiger partial charge in [-0.3, -0.25) is 14.9 Å². The number of nitrogens with one attached hydrogen (secondary N) is 2. The molecule has 2 amide bonds. The minimum atomic E-state index is -0.765. The highest BCUT2D eigenvalue weighted by atomic mass is 16.5. The maximum absolute atomic E-state index is 12.4. The van der Waals surface area contributed by atoms with Crippen molar-refractivity contribution in [3.05, 3.63) is 30.0 Å². The van der Waals surface area contributed by atoms with E-state index in [0.29, 0.717) is 24.8 Å². The minimum Gasteiger partial charge on any atom is -0.467 e. The van der Waals surface area contributed by atoms with Gasteiger partial charge in [-0.2, -0.15) is 10.1 Å². The summed E-state index contributed by atoms with van der Waals surface area (Å²) in [7, 11) is 1.58. The number of hydrogen-bond donors (Lipinski definition) is 2. The molecule has 1 atom stereocenters. The number of nitrogens with zero attached hydrogens (tertiary/aromatic N) is 3.